The van der Waals surface area contributed by atoms with Crippen molar-refractivity contribution in [3.8, 4) is 12.1 Å². The van der Waals surface area contributed by atoms with E-state index in [4.69, 9.17) is 10.5 Å². The number of nitriles is 2. The number of hydrogen-bond acceptors (Lipinski definition) is 7. The van der Waals surface area contributed by atoms with Crippen molar-refractivity contribution in [3.05, 3.63) is 23.9 Å². The van der Waals surface area contributed by atoms with Gasteiger partial charge >= 0.3 is 5.97 Å². The lowest BCUT2D eigenvalue weighted by atomic mass is 10.2. The Kier molecular flexibility index (Phi) is 3.59. The van der Waals surface area contributed by atoms with Crippen LogP contribution in [0.15, 0.2) is 23.3 Å². The lowest BCUT2D eigenvalue weighted by Gasteiger charge is -2.00. The van der Waals surface area contributed by atoms with Crippen LogP contribution in [0.1, 0.15) is 10.5 Å². The number of carbonyl (C=O) groups is 1. The van der Waals surface area contributed by atoms with Crippen LogP contribution in [-0.2, 0) is 4.74 Å². The Morgan fingerprint density at radius 3 is 2.85 bits per heavy atom. The Bertz CT molecular complexity index is 761. The van der Waals surface area contributed by atoms with Gasteiger partial charge in [0.25, 0.3) is 0 Å². The highest BCUT2D eigenvalue weighted by Crippen LogP contribution is 2.24. The second-order valence-electron chi connectivity index (χ2n) is 3.59. The first-order chi connectivity index (χ1) is 9.71. The Morgan fingerprint density at radius 1 is 1.45 bits per heavy atom. The van der Waals surface area contributed by atoms with Gasteiger partial charge in [0, 0.05) is 5.39 Å². The molecule has 20 heavy (non-hydrogen) atoms. The van der Waals surface area contributed by atoms with Gasteiger partial charge in [0.05, 0.1) is 12.8 Å². The van der Waals surface area contributed by atoms with Crippen molar-refractivity contribution < 1.29 is 9.53 Å². The number of benzene rings is 1. The summed E-state index contributed by atoms with van der Waals surface area (Å²) in [5, 5.41) is 27.9. The highest BCUT2D eigenvalue weighted by Gasteiger charge is 2.15. The van der Waals surface area contributed by atoms with Crippen LogP contribution in [0.4, 0.5) is 5.69 Å². The minimum atomic E-state index is -0.539. The van der Waals surface area contributed by atoms with Gasteiger partial charge < -0.3 is 4.74 Å². The first kappa shape index (κ1) is 13.1. The number of esters is 1. The third-order valence-electron chi connectivity index (χ3n) is 2.47. The van der Waals surface area contributed by atoms with E-state index in [1.54, 1.807) is 30.3 Å². The lowest BCUT2D eigenvalue weighted by Crippen LogP contribution is -2.01. The van der Waals surface area contributed by atoms with Crippen molar-refractivity contribution in [1.82, 2.24) is 10.2 Å². The van der Waals surface area contributed by atoms with Crippen LogP contribution >= 0.6 is 0 Å². The zero-order valence-electron chi connectivity index (χ0n) is 10.3. The number of methoxy groups -OCH3 is 1. The number of anilines is 1. The number of fused-ring (bicyclic) bond motifs is 1. The van der Waals surface area contributed by atoms with E-state index in [9.17, 15) is 4.79 Å². The molecule has 0 saturated heterocycles. The number of hydrazone groups is 1. The number of nitrogens with one attached hydrogen (secondary N) is 2. The fraction of sp³-hybridized carbons (Fsp3) is 0.0833. The van der Waals surface area contributed by atoms with E-state index in [2.05, 4.69) is 25.5 Å². The van der Waals surface area contributed by atoms with Gasteiger partial charge in [-0.05, 0) is 6.07 Å². The summed E-state index contributed by atoms with van der Waals surface area (Å²) >= 11 is 0. The molecule has 0 atom stereocenters. The molecule has 0 fully saturated rings. The fourth-order valence-corrected chi connectivity index (χ4v) is 1.58. The molecule has 2 rings (SSSR count). The molecule has 0 spiro atoms. The number of nitrogens with zero attached hydrogens (tertiary/aromatic N) is 4. The number of rotatable bonds is 3. The summed E-state index contributed by atoms with van der Waals surface area (Å²) in [6.07, 6.45) is 0. The Hall–Kier alpha value is -3.39. The molecule has 0 bridgehead atoms. The zero-order chi connectivity index (χ0) is 14.5. The highest BCUT2D eigenvalue weighted by atomic mass is 16.5. The Morgan fingerprint density at radius 2 is 2.20 bits per heavy atom. The third-order valence-corrected chi connectivity index (χ3v) is 2.47. The van der Waals surface area contributed by atoms with Gasteiger partial charge in [-0.1, -0.05) is 12.1 Å². The number of para-hydroxylation sites is 1. The summed E-state index contributed by atoms with van der Waals surface area (Å²) in [4.78, 5) is 11.5. The van der Waals surface area contributed by atoms with E-state index in [-0.39, 0.29) is 11.4 Å². The summed E-state index contributed by atoms with van der Waals surface area (Å²) in [5.41, 5.74) is 3.38. The second-order valence-corrected chi connectivity index (χ2v) is 3.59. The fourth-order valence-electron chi connectivity index (χ4n) is 1.58. The minimum absolute atomic E-state index is 0.218. The quantitative estimate of drug-likeness (QED) is 0.488. The van der Waals surface area contributed by atoms with Crippen molar-refractivity contribution in [3.63, 3.8) is 0 Å². The molecule has 0 saturated carbocycles. The van der Waals surface area contributed by atoms with Gasteiger partial charge in [-0.2, -0.15) is 20.7 Å². The van der Waals surface area contributed by atoms with Crippen LogP contribution in [0.3, 0.4) is 0 Å². The molecule has 0 unspecified atom stereocenters. The van der Waals surface area contributed by atoms with Gasteiger partial charge in [-0.15, -0.1) is 0 Å². The first-order valence-corrected chi connectivity index (χ1v) is 5.40. The maximum Gasteiger partial charge on any atom is 0.356 e. The second kappa shape index (κ2) is 5.50. The van der Waals surface area contributed by atoms with Gasteiger partial charge in [0.2, 0.25) is 5.71 Å². The van der Waals surface area contributed by atoms with E-state index in [0.717, 1.165) is 0 Å². The summed E-state index contributed by atoms with van der Waals surface area (Å²) in [6.45, 7) is 0. The third kappa shape index (κ3) is 2.26. The maximum absolute atomic E-state index is 11.5. The SMILES string of the molecule is COC(=O)c1[nH]nc2c(NN=C(C#N)C#N)cccc12. The topological polar surface area (TPSA) is 127 Å². The molecule has 8 heteroatoms. The molecule has 0 aliphatic rings. The molecule has 1 aromatic heterocycles. The maximum atomic E-state index is 11.5. The Labute approximate surface area is 113 Å². The van der Waals surface area contributed by atoms with E-state index >= 15 is 0 Å². The Balaban J connectivity index is 2.45. The van der Waals surface area contributed by atoms with Crippen LogP contribution in [-0.4, -0.2) is 29.0 Å². The summed E-state index contributed by atoms with van der Waals surface area (Å²) in [6, 6.07) is 8.28. The molecule has 2 aromatic rings. The predicted molar refractivity (Wildman–Crippen MR) is 69.7 cm³/mol. The summed E-state index contributed by atoms with van der Waals surface area (Å²) in [5.74, 6) is -0.539. The summed E-state index contributed by atoms with van der Waals surface area (Å²) in [7, 11) is 1.27. The largest absolute Gasteiger partial charge is 0.464 e. The van der Waals surface area contributed by atoms with E-state index in [1.807, 2.05) is 0 Å². The average Bonchev–Trinajstić information content (AvgIpc) is 2.92. The van der Waals surface area contributed by atoms with Crippen LogP contribution in [0, 0.1) is 22.7 Å². The average molecular weight is 268 g/mol. The van der Waals surface area contributed by atoms with Crippen LogP contribution in [0.2, 0.25) is 0 Å². The van der Waals surface area contributed by atoms with Gasteiger partial charge in [0.15, 0.2) is 5.69 Å². The molecule has 8 nitrogen and oxygen atoms in total. The molecule has 0 aliphatic carbocycles. The number of ether oxygens (including phenoxy) is 1. The lowest BCUT2D eigenvalue weighted by molar-refractivity contribution is 0.0596. The molecule has 0 amide bonds. The van der Waals surface area contributed by atoms with E-state index in [1.165, 1.54) is 7.11 Å². The monoisotopic (exact) mass is 268 g/mol. The molecular formula is C12H8N6O2. The highest BCUT2D eigenvalue weighted by molar-refractivity contribution is 6.11. The van der Waals surface area contributed by atoms with E-state index in [0.29, 0.717) is 16.6 Å². The molecule has 1 aromatic carbocycles. The number of carbonyl (C=O) groups excluding carboxylic acids is 1. The van der Waals surface area contributed by atoms with Crippen LogP contribution in [0.5, 0.6) is 0 Å². The standard InChI is InChI=1S/C12H8N6O2/c1-20-12(19)11-8-3-2-4-9(10(8)17-18-11)16-15-7(5-13)6-14/h2-4,16H,1H3,(H,17,18). The molecular weight excluding hydrogens is 260 g/mol. The predicted octanol–water partition coefficient (Wildman–Crippen LogP) is 1.16. The molecule has 2 N–H and O–H groups in total. The molecule has 1 heterocycles. The zero-order valence-corrected chi connectivity index (χ0v) is 10.3. The first-order valence-electron chi connectivity index (χ1n) is 5.40. The van der Waals surface area contributed by atoms with Crippen LogP contribution < -0.4 is 5.43 Å². The molecule has 98 valence electrons. The number of aromatic nitrogens is 2. The van der Waals surface area contributed by atoms with Gasteiger partial charge in [0.1, 0.15) is 17.7 Å². The smallest absolute Gasteiger partial charge is 0.356 e. The van der Waals surface area contributed by atoms with Crippen molar-refractivity contribution in [2.45, 2.75) is 0 Å². The van der Waals surface area contributed by atoms with Crippen molar-refractivity contribution in [2.24, 2.45) is 5.10 Å². The normalized spacial score (nSPS) is 9.35. The molecule has 0 radical (unpaired) electrons. The van der Waals surface area contributed by atoms with Gasteiger partial charge in [-0.25, -0.2) is 4.79 Å². The van der Waals surface area contributed by atoms with Crippen molar-refractivity contribution in [1.29, 1.82) is 10.5 Å². The number of hydrogen-bond donors (Lipinski definition) is 2. The number of H-pyrrole nitrogens is 1. The minimum Gasteiger partial charge on any atom is -0.464 e. The summed E-state index contributed by atoms with van der Waals surface area (Å²) < 4.78 is 4.63. The van der Waals surface area contributed by atoms with Crippen molar-refractivity contribution >= 4 is 28.3 Å². The number of aromatic amines is 1. The van der Waals surface area contributed by atoms with Crippen molar-refractivity contribution in [2.75, 3.05) is 12.5 Å². The van der Waals surface area contributed by atoms with Gasteiger partial charge in [-0.3, -0.25) is 10.5 Å². The van der Waals surface area contributed by atoms with E-state index < -0.39 is 5.97 Å². The molecule has 0 aliphatic heterocycles. The van der Waals surface area contributed by atoms with Crippen LogP contribution in [0.25, 0.3) is 10.9 Å².